The van der Waals surface area contributed by atoms with Crippen LogP contribution in [0.4, 0.5) is 0 Å². The molecule has 2 heterocycles. The summed E-state index contributed by atoms with van der Waals surface area (Å²) in [7, 11) is 0. The van der Waals surface area contributed by atoms with Crippen LogP contribution in [0, 0.1) is 13.8 Å². The predicted octanol–water partition coefficient (Wildman–Crippen LogP) is 3.15. The van der Waals surface area contributed by atoms with E-state index in [9.17, 15) is 14.4 Å². The zero-order valence-electron chi connectivity index (χ0n) is 14.9. The van der Waals surface area contributed by atoms with Gasteiger partial charge in [0.05, 0.1) is 23.1 Å². The number of nitrogens with zero attached hydrogens (tertiary/aromatic N) is 2. The minimum Gasteiger partial charge on any atom is -0.329 e. The van der Waals surface area contributed by atoms with Crippen molar-refractivity contribution in [1.82, 2.24) is 10.0 Å². The summed E-state index contributed by atoms with van der Waals surface area (Å²) in [6.07, 6.45) is -0.0805. The zero-order chi connectivity index (χ0) is 19.1. The normalized spacial score (nSPS) is 13.2. The Balaban J connectivity index is 1.59. The molecule has 1 aromatic heterocycles. The van der Waals surface area contributed by atoms with Gasteiger partial charge in [-0.25, -0.2) is 4.79 Å². The lowest BCUT2D eigenvalue weighted by Crippen LogP contribution is -2.33. The highest BCUT2D eigenvalue weighted by atomic mass is 16.7. The second kappa shape index (κ2) is 6.32. The summed E-state index contributed by atoms with van der Waals surface area (Å²) in [4.78, 5) is 46.7. The molecule has 0 radical (unpaired) electrons. The number of amides is 2. The number of hydrogen-bond acceptors (Lipinski definition) is 5. The van der Waals surface area contributed by atoms with Crippen molar-refractivity contribution in [2.45, 2.75) is 20.3 Å². The number of fused-ring (bicyclic) bond motifs is 2. The maximum atomic E-state index is 12.5. The zero-order valence-corrected chi connectivity index (χ0v) is 14.9. The van der Waals surface area contributed by atoms with Gasteiger partial charge < -0.3 is 4.84 Å². The van der Waals surface area contributed by atoms with Gasteiger partial charge in [-0.2, -0.15) is 0 Å². The van der Waals surface area contributed by atoms with E-state index in [0.717, 1.165) is 22.0 Å². The quantitative estimate of drug-likeness (QED) is 0.671. The standard InChI is InChI=1S/C21H16N2O4/c1-12-14-7-5-6-10-18(14)22-13(2)17(12)11-19(24)27-23-20(25)15-8-3-4-9-16(15)21(23)26/h3-10H,11H2,1-2H3. The number of para-hydroxylation sites is 1. The number of hydrogen-bond donors (Lipinski definition) is 0. The summed E-state index contributed by atoms with van der Waals surface area (Å²) in [6, 6.07) is 14.0. The molecule has 0 aliphatic carbocycles. The highest BCUT2D eigenvalue weighted by Crippen LogP contribution is 2.25. The Morgan fingerprint density at radius 2 is 1.56 bits per heavy atom. The second-order valence-electron chi connectivity index (χ2n) is 6.41. The van der Waals surface area contributed by atoms with Gasteiger partial charge >= 0.3 is 5.97 Å². The summed E-state index contributed by atoms with van der Waals surface area (Å²) in [5, 5.41) is 1.48. The maximum absolute atomic E-state index is 12.5. The monoisotopic (exact) mass is 360 g/mol. The average molecular weight is 360 g/mol. The van der Waals surface area contributed by atoms with E-state index in [4.69, 9.17) is 4.84 Å². The number of aryl methyl sites for hydroxylation is 2. The molecular formula is C21H16N2O4. The first kappa shape index (κ1) is 16.9. The maximum Gasteiger partial charge on any atom is 0.337 e. The lowest BCUT2D eigenvalue weighted by atomic mass is 10.00. The van der Waals surface area contributed by atoms with E-state index < -0.39 is 17.8 Å². The average Bonchev–Trinajstić information content (AvgIpc) is 2.90. The number of rotatable bonds is 3. The lowest BCUT2D eigenvalue weighted by Gasteiger charge is -2.15. The van der Waals surface area contributed by atoms with E-state index in [2.05, 4.69) is 4.98 Å². The Labute approximate surface area is 155 Å². The fraction of sp³-hybridized carbons (Fsp3) is 0.143. The molecule has 0 saturated carbocycles. The molecule has 1 aliphatic rings. The molecule has 0 N–H and O–H groups in total. The molecular weight excluding hydrogens is 344 g/mol. The molecule has 6 nitrogen and oxygen atoms in total. The minimum atomic E-state index is -0.687. The molecule has 6 heteroatoms. The van der Waals surface area contributed by atoms with Crippen LogP contribution >= 0.6 is 0 Å². The van der Waals surface area contributed by atoms with Gasteiger partial charge in [0.25, 0.3) is 11.8 Å². The van der Waals surface area contributed by atoms with Crippen molar-refractivity contribution < 1.29 is 19.2 Å². The Morgan fingerprint density at radius 3 is 2.22 bits per heavy atom. The van der Waals surface area contributed by atoms with Crippen LogP contribution in [0.3, 0.4) is 0 Å². The summed E-state index contributed by atoms with van der Waals surface area (Å²) >= 11 is 0. The molecule has 27 heavy (non-hydrogen) atoms. The highest BCUT2D eigenvalue weighted by molar-refractivity contribution is 6.20. The van der Waals surface area contributed by atoms with Gasteiger partial charge in [-0.3, -0.25) is 14.6 Å². The van der Waals surface area contributed by atoms with E-state index in [0.29, 0.717) is 10.8 Å². The van der Waals surface area contributed by atoms with Gasteiger partial charge in [0.15, 0.2) is 0 Å². The van der Waals surface area contributed by atoms with Crippen LogP contribution in [0.5, 0.6) is 0 Å². The predicted molar refractivity (Wildman–Crippen MR) is 98.0 cm³/mol. The third-order valence-electron chi connectivity index (χ3n) is 4.76. The molecule has 134 valence electrons. The van der Waals surface area contributed by atoms with Crippen LogP contribution in [0.2, 0.25) is 0 Å². The van der Waals surface area contributed by atoms with E-state index in [1.807, 2.05) is 38.1 Å². The van der Waals surface area contributed by atoms with E-state index in [1.165, 1.54) is 12.1 Å². The van der Waals surface area contributed by atoms with Gasteiger partial charge in [0.2, 0.25) is 0 Å². The first-order valence-electron chi connectivity index (χ1n) is 8.51. The number of benzene rings is 2. The molecule has 4 rings (SSSR count). The molecule has 0 saturated heterocycles. The summed E-state index contributed by atoms with van der Waals surface area (Å²) in [5.41, 5.74) is 3.69. The number of carbonyl (C=O) groups is 3. The fourth-order valence-corrected chi connectivity index (χ4v) is 3.36. The van der Waals surface area contributed by atoms with Gasteiger partial charge in [0.1, 0.15) is 0 Å². The van der Waals surface area contributed by atoms with Gasteiger partial charge in [-0.1, -0.05) is 35.4 Å². The first-order valence-corrected chi connectivity index (χ1v) is 8.51. The number of imide groups is 1. The van der Waals surface area contributed by atoms with E-state index in [-0.39, 0.29) is 17.5 Å². The first-order chi connectivity index (χ1) is 13.0. The van der Waals surface area contributed by atoms with Gasteiger partial charge in [-0.05, 0) is 43.2 Å². The van der Waals surface area contributed by atoms with E-state index >= 15 is 0 Å². The Morgan fingerprint density at radius 1 is 0.963 bits per heavy atom. The van der Waals surface area contributed by atoms with Crippen LogP contribution in [-0.4, -0.2) is 27.8 Å². The Bertz CT molecular complexity index is 1090. The molecule has 0 atom stereocenters. The molecule has 2 aromatic carbocycles. The summed E-state index contributed by atoms with van der Waals surface area (Å²) in [6.45, 7) is 3.74. The Hall–Kier alpha value is -3.54. The second-order valence-corrected chi connectivity index (χ2v) is 6.41. The number of aromatic nitrogens is 1. The van der Waals surface area contributed by atoms with Crippen molar-refractivity contribution >= 4 is 28.7 Å². The number of pyridine rings is 1. The summed E-state index contributed by atoms with van der Waals surface area (Å²) in [5.74, 6) is -1.95. The molecule has 3 aromatic rings. The van der Waals surface area contributed by atoms with Crippen molar-refractivity contribution in [3.63, 3.8) is 0 Å². The lowest BCUT2D eigenvalue weighted by molar-refractivity contribution is -0.167. The van der Waals surface area contributed by atoms with Crippen LogP contribution in [0.15, 0.2) is 48.5 Å². The van der Waals surface area contributed by atoms with Gasteiger partial charge in [-0.15, -0.1) is 0 Å². The smallest absolute Gasteiger partial charge is 0.329 e. The minimum absolute atomic E-state index is 0.0805. The van der Waals surface area contributed by atoms with Crippen LogP contribution in [-0.2, 0) is 16.1 Å². The van der Waals surface area contributed by atoms with Crippen LogP contribution in [0.25, 0.3) is 10.9 Å². The molecule has 0 fully saturated rings. The highest BCUT2D eigenvalue weighted by Gasteiger charge is 2.38. The third kappa shape index (κ3) is 2.75. The van der Waals surface area contributed by atoms with Crippen LogP contribution < -0.4 is 0 Å². The molecule has 0 bridgehead atoms. The fourth-order valence-electron chi connectivity index (χ4n) is 3.36. The van der Waals surface area contributed by atoms with Crippen molar-refractivity contribution in [3.8, 4) is 0 Å². The number of carbonyl (C=O) groups excluding carboxylic acids is 3. The molecule has 1 aliphatic heterocycles. The largest absolute Gasteiger partial charge is 0.337 e. The SMILES string of the molecule is Cc1nc2ccccc2c(C)c1CC(=O)ON1C(=O)c2ccccc2C1=O. The topological polar surface area (TPSA) is 76.6 Å². The van der Waals surface area contributed by atoms with Crippen molar-refractivity contribution in [2.24, 2.45) is 0 Å². The molecule has 0 spiro atoms. The molecule has 0 unspecified atom stereocenters. The van der Waals surface area contributed by atoms with Gasteiger partial charge in [0, 0.05) is 11.1 Å². The van der Waals surface area contributed by atoms with Crippen molar-refractivity contribution in [2.75, 3.05) is 0 Å². The molecule has 2 amide bonds. The van der Waals surface area contributed by atoms with Crippen molar-refractivity contribution in [1.29, 1.82) is 0 Å². The van der Waals surface area contributed by atoms with Crippen LogP contribution in [0.1, 0.15) is 37.5 Å². The Kier molecular flexibility index (Phi) is 3.96. The van der Waals surface area contributed by atoms with E-state index in [1.54, 1.807) is 12.1 Å². The van der Waals surface area contributed by atoms with Crippen molar-refractivity contribution in [3.05, 3.63) is 76.5 Å². The summed E-state index contributed by atoms with van der Waals surface area (Å²) < 4.78 is 0. The third-order valence-corrected chi connectivity index (χ3v) is 4.76. The number of hydroxylamine groups is 2.